The zero-order chi connectivity index (χ0) is 9.40. The maximum absolute atomic E-state index is 10.8. The zero-order valence-electron chi connectivity index (χ0n) is 7.55. The molecule has 4 heteroatoms. The smallest absolute Gasteiger partial charge is 0.314 e. The number of carbonyl (C=O) groups is 1. The first kappa shape index (κ1) is 11.6. The monoisotopic (exact) mass is 192 g/mol. The molecule has 0 unspecified atom stereocenters. The molecule has 0 spiro atoms. The van der Waals surface area contributed by atoms with Gasteiger partial charge in [-0.2, -0.15) is 0 Å². The Balaban J connectivity index is 3.56. The molecule has 0 bridgehead atoms. The van der Waals surface area contributed by atoms with Crippen LogP contribution in [0.5, 0.6) is 0 Å². The fourth-order valence-corrected chi connectivity index (χ4v) is 1.19. The molecule has 0 radical (unpaired) electrons. The summed E-state index contributed by atoms with van der Waals surface area (Å²) >= 11 is 5.50. The van der Waals surface area contributed by atoms with Gasteiger partial charge in [0.2, 0.25) is 0 Å². The van der Waals surface area contributed by atoms with E-state index in [4.69, 9.17) is 17.3 Å². The SMILES string of the molecule is CCCCCN(CCCl)C(N)=O. The Bertz CT molecular complexity index is 130. The normalized spacial score (nSPS) is 9.83. The van der Waals surface area contributed by atoms with Crippen LogP contribution in [0.2, 0.25) is 0 Å². The first-order valence-corrected chi connectivity index (χ1v) is 4.86. The standard InChI is InChI=1S/C8H17ClN2O/c1-2-3-4-6-11(7-5-9)8(10)12/h2-7H2,1H3,(H2,10,12). The molecule has 0 aromatic carbocycles. The van der Waals surface area contributed by atoms with Gasteiger partial charge in [-0.25, -0.2) is 4.79 Å². The number of primary amides is 1. The molecule has 0 aliphatic carbocycles. The number of nitrogens with zero attached hydrogens (tertiary/aromatic N) is 1. The number of halogens is 1. The first-order valence-electron chi connectivity index (χ1n) is 4.32. The van der Waals surface area contributed by atoms with Crippen molar-refractivity contribution in [2.45, 2.75) is 26.2 Å². The summed E-state index contributed by atoms with van der Waals surface area (Å²) in [6.07, 6.45) is 3.29. The Morgan fingerprint density at radius 1 is 1.42 bits per heavy atom. The van der Waals surface area contributed by atoms with Crippen LogP contribution < -0.4 is 5.73 Å². The second-order valence-corrected chi connectivity index (χ2v) is 3.10. The van der Waals surface area contributed by atoms with Gasteiger partial charge < -0.3 is 10.6 Å². The lowest BCUT2D eigenvalue weighted by Crippen LogP contribution is -2.37. The molecule has 0 heterocycles. The quantitative estimate of drug-likeness (QED) is 0.506. The van der Waals surface area contributed by atoms with Gasteiger partial charge in [-0.3, -0.25) is 0 Å². The minimum Gasteiger partial charge on any atom is -0.351 e. The number of urea groups is 1. The van der Waals surface area contributed by atoms with Gasteiger partial charge in [-0.05, 0) is 6.42 Å². The Labute approximate surface area is 78.9 Å². The maximum Gasteiger partial charge on any atom is 0.314 e. The first-order chi connectivity index (χ1) is 5.72. The fraction of sp³-hybridized carbons (Fsp3) is 0.875. The van der Waals surface area contributed by atoms with E-state index in [2.05, 4.69) is 6.92 Å². The summed E-state index contributed by atoms with van der Waals surface area (Å²) < 4.78 is 0. The van der Waals surface area contributed by atoms with Gasteiger partial charge in [0, 0.05) is 19.0 Å². The van der Waals surface area contributed by atoms with Crippen LogP contribution in [-0.2, 0) is 0 Å². The van der Waals surface area contributed by atoms with Crippen molar-refractivity contribution in [2.75, 3.05) is 19.0 Å². The van der Waals surface area contributed by atoms with E-state index in [1.807, 2.05) is 0 Å². The van der Waals surface area contributed by atoms with Gasteiger partial charge >= 0.3 is 6.03 Å². The zero-order valence-corrected chi connectivity index (χ0v) is 8.31. The second-order valence-electron chi connectivity index (χ2n) is 2.72. The number of nitrogens with two attached hydrogens (primary N) is 1. The van der Waals surface area contributed by atoms with E-state index in [1.54, 1.807) is 4.90 Å². The van der Waals surface area contributed by atoms with E-state index in [0.717, 1.165) is 25.8 Å². The van der Waals surface area contributed by atoms with E-state index >= 15 is 0 Å². The van der Waals surface area contributed by atoms with Crippen molar-refractivity contribution >= 4 is 17.6 Å². The maximum atomic E-state index is 10.8. The molecule has 0 rings (SSSR count). The van der Waals surface area contributed by atoms with Gasteiger partial charge in [-0.15, -0.1) is 11.6 Å². The molecule has 0 saturated carbocycles. The number of hydrogen-bond acceptors (Lipinski definition) is 1. The van der Waals surface area contributed by atoms with Crippen molar-refractivity contribution in [1.29, 1.82) is 0 Å². The van der Waals surface area contributed by atoms with E-state index in [9.17, 15) is 4.79 Å². The number of amides is 2. The molecule has 12 heavy (non-hydrogen) atoms. The molecule has 0 saturated heterocycles. The predicted octanol–water partition coefficient (Wildman–Crippen LogP) is 1.80. The van der Waals surface area contributed by atoms with Gasteiger partial charge in [0.15, 0.2) is 0 Å². The van der Waals surface area contributed by atoms with E-state index < -0.39 is 0 Å². The van der Waals surface area contributed by atoms with Crippen LogP contribution in [0.25, 0.3) is 0 Å². The summed E-state index contributed by atoms with van der Waals surface area (Å²) in [4.78, 5) is 12.4. The van der Waals surface area contributed by atoms with Gasteiger partial charge in [0.1, 0.15) is 0 Å². The highest BCUT2D eigenvalue weighted by Gasteiger charge is 2.06. The van der Waals surface area contributed by atoms with Crippen molar-refractivity contribution in [3.8, 4) is 0 Å². The van der Waals surface area contributed by atoms with Crippen LogP contribution in [0.3, 0.4) is 0 Å². The summed E-state index contributed by atoms with van der Waals surface area (Å²) in [5.41, 5.74) is 5.13. The number of rotatable bonds is 6. The van der Waals surface area contributed by atoms with Crippen molar-refractivity contribution in [3.63, 3.8) is 0 Å². The summed E-state index contributed by atoms with van der Waals surface area (Å²) in [5, 5.41) is 0. The minimum atomic E-state index is -0.369. The minimum absolute atomic E-state index is 0.369. The highest BCUT2D eigenvalue weighted by Crippen LogP contribution is 1.98. The Kier molecular flexibility index (Phi) is 6.96. The summed E-state index contributed by atoms with van der Waals surface area (Å²) in [7, 11) is 0. The van der Waals surface area contributed by atoms with Gasteiger partial charge in [0.25, 0.3) is 0 Å². The second kappa shape index (κ2) is 7.22. The van der Waals surface area contributed by atoms with Gasteiger partial charge in [0.05, 0.1) is 0 Å². The molecular formula is C8H17ClN2O. The van der Waals surface area contributed by atoms with Crippen molar-refractivity contribution < 1.29 is 4.79 Å². The fourth-order valence-electron chi connectivity index (χ4n) is 0.987. The van der Waals surface area contributed by atoms with Crippen LogP contribution in [0.1, 0.15) is 26.2 Å². The molecule has 0 aromatic rings. The summed E-state index contributed by atoms with van der Waals surface area (Å²) in [5.74, 6) is 0.453. The van der Waals surface area contributed by atoms with Crippen LogP contribution in [0, 0.1) is 0 Å². The third-order valence-corrected chi connectivity index (χ3v) is 1.87. The molecule has 3 nitrogen and oxygen atoms in total. The lowest BCUT2D eigenvalue weighted by Gasteiger charge is -2.18. The van der Waals surface area contributed by atoms with Crippen LogP contribution in [-0.4, -0.2) is 29.9 Å². The van der Waals surface area contributed by atoms with E-state index in [0.29, 0.717) is 12.4 Å². The molecular weight excluding hydrogens is 176 g/mol. The number of alkyl halides is 1. The van der Waals surface area contributed by atoms with Crippen LogP contribution in [0.15, 0.2) is 0 Å². The molecule has 0 aromatic heterocycles. The molecule has 0 atom stereocenters. The molecule has 0 aliphatic heterocycles. The Morgan fingerprint density at radius 3 is 2.50 bits per heavy atom. The highest BCUT2D eigenvalue weighted by atomic mass is 35.5. The van der Waals surface area contributed by atoms with Crippen molar-refractivity contribution in [1.82, 2.24) is 4.90 Å². The van der Waals surface area contributed by atoms with Gasteiger partial charge in [-0.1, -0.05) is 19.8 Å². The molecule has 0 fully saturated rings. The van der Waals surface area contributed by atoms with Crippen LogP contribution in [0.4, 0.5) is 4.79 Å². The predicted molar refractivity (Wildman–Crippen MR) is 51.4 cm³/mol. The average molecular weight is 193 g/mol. The summed E-state index contributed by atoms with van der Waals surface area (Å²) in [6.45, 7) is 3.41. The average Bonchev–Trinajstić information content (AvgIpc) is 2.03. The van der Waals surface area contributed by atoms with Crippen molar-refractivity contribution in [3.05, 3.63) is 0 Å². The van der Waals surface area contributed by atoms with E-state index in [1.165, 1.54) is 0 Å². The Morgan fingerprint density at radius 2 is 2.08 bits per heavy atom. The Hall–Kier alpha value is -0.440. The van der Waals surface area contributed by atoms with Crippen LogP contribution >= 0.6 is 11.6 Å². The molecule has 0 aliphatic rings. The third-order valence-electron chi connectivity index (χ3n) is 1.70. The lowest BCUT2D eigenvalue weighted by atomic mass is 10.2. The molecule has 2 amide bonds. The third kappa shape index (κ3) is 5.24. The lowest BCUT2D eigenvalue weighted by molar-refractivity contribution is 0.209. The topological polar surface area (TPSA) is 46.3 Å². The highest BCUT2D eigenvalue weighted by molar-refractivity contribution is 6.18. The number of unbranched alkanes of at least 4 members (excludes halogenated alkanes) is 2. The number of hydrogen-bond donors (Lipinski definition) is 1. The molecule has 2 N–H and O–H groups in total. The number of carbonyl (C=O) groups excluding carboxylic acids is 1. The van der Waals surface area contributed by atoms with E-state index in [-0.39, 0.29) is 6.03 Å². The largest absolute Gasteiger partial charge is 0.351 e. The molecule has 72 valence electrons. The van der Waals surface area contributed by atoms with Crippen molar-refractivity contribution in [2.24, 2.45) is 5.73 Å². The summed E-state index contributed by atoms with van der Waals surface area (Å²) in [6, 6.07) is -0.369.